The zero-order valence-electron chi connectivity index (χ0n) is 18.2. The van der Waals surface area contributed by atoms with Gasteiger partial charge >= 0.3 is 0 Å². The molecular weight excluding hydrogens is 398 g/mol. The maximum Gasteiger partial charge on any atom is 0.253 e. The average molecular weight is 428 g/mol. The molecule has 2 amide bonds. The minimum absolute atomic E-state index is 0.0346. The summed E-state index contributed by atoms with van der Waals surface area (Å²) in [6.07, 6.45) is 6.70. The van der Waals surface area contributed by atoms with Crippen LogP contribution in [-0.2, 0) is 16.1 Å². The second kappa shape index (κ2) is 10.7. The van der Waals surface area contributed by atoms with Crippen molar-refractivity contribution in [1.29, 1.82) is 0 Å². The first kappa shape index (κ1) is 21.8. The first-order chi connectivity index (χ1) is 15.7. The van der Waals surface area contributed by atoms with E-state index in [4.69, 9.17) is 0 Å². The summed E-state index contributed by atoms with van der Waals surface area (Å²) < 4.78 is 0. The molecule has 0 radical (unpaired) electrons. The van der Waals surface area contributed by atoms with Crippen LogP contribution in [0.15, 0.2) is 85.1 Å². The molecule has 4 rings (SSSR count). The van der Waals surface area contributed by atoms with Gasteiger partial charge in [0.15, 0.2) is 6.04 Å². The van der Waals surface area contributed by atoms with Crippen molar-refractivity contribution < 1.29 is 9.59 Å². The summed E-state index contributed by atoms with van der Waals surface area (Å²) in [4.78, 5) is 33.6. The Labute approximate surface area is 189 Å². The van der Waals surface area contributed by atoms with Gasteiger partial charge in [-0.05, 0) is 42.7 Å². The first-order valence-corrected chi connectivity index (χ1v) is 11.3. The highest BCUT2D eigenvalue weighted by atomic mass is 16.2. The van der Waals surface area contributed by atoms with Crippen molar-refractivity contribution in [2.45, 2.75) is 44.7 Å². The lowest BCUT2D eigenvalue weighted by molar-refractivity contribution is -0.144. The zero-order chi connectivity index (χ0) is 22.2. The summed E-state index contributed by atoms with van der Waals surface area (Å²) >= 11 is 0. The minimum atomic E-state index is -0.814. The third-order valence-corrected chi connectivity index (χ3v) is 6.00. The van der Waals surface area contributed by atoms with Gasteiger partial charge in [0.25, 0.3) is 5.91 Å². The van der Waals surface area contributed by atoms with Gasteiger partial charge in [-0.3, -0.25) is 14.6 Å². The van der Waals surface area contributed by atoms with Crippen molar-refractivity contribution in [1.82, 2.24) is 9.88 Å². The van der Waals surface area contributed by atoms with E-state index in [1.165, 1.54) is 6.42 Å². The van der Waals surface area contributed by atoms with E-state index in [2.05, 4.69) is 10.3 Å². The van der Waals surface area contributed by atoms with Gasteiger partial charge in [0.2, 0.25) is 5.91 Å². The summed E-state index contributed by atoms with van der Waals surface area (Å²) in [7, 11) is 0. The van der Waals surface area contributed by atoms with Crippen LogP contribution < -0.4 is 5.32 Å². The number of anilines is 1. The monoisotopic (exact) mass is 427 g/mol. The number of nitrogens with one attached hydrogen (secondary N) is 1. The number of carbonyl (C=O) groups excluding carboxylic acids is 2. The molecule has 1 saturated carbocycles. The molecule has 1 unspecified atom stereocenters. The lowest BCUT2D eigenvalue weighted by Crippen LogP contribution is -2.44. The summed E-state index contributed by atoms with van der Waals surface area (Å²) in [5.74, 6) is -0.273. The second-order valence-electron chi connectivity index (χ2n) is 8.30. The molecule has 32 heavy (non-hydrogen) atoms. The van der Waals surface area contributed by atoms with E-state index < -0.39 is 6.04 Å². The highest BCUT2D eigenvalue weighted by Crippen LogP contribution is 2.31. The van der Waals surface area contributed by atoms with Crippen LogP contribution in [0.4, 0.5) is 5.69 Å². The Morgan fingerprint density at radius 1 is 0.875 bits per heavy atom. The molecule has 1 aliphatic rings. The maximum atomic E-state index is 13.8. The molecule has 1 atom stereocenters. The zero-order valence-corrected chi connectivity index (χ0v) is 18.2. The Hall–Kier alpha value is -3.47. The van der Waals surface area contributed by atoms with Gasteiger partial charge in [-0.1, -0.05) is 73.9 Å². The average Bonchev–Trinajstić information content (AvgIpc) is 2.86. The van der Waals surface area contributed by atoms with E-state index in [1.54, 1.807) is 11.1 Å². The predicted octanol–water partition coefficient (Wildman–Crippen LogP) is 5.37. The standard InChI is InChI=1S/C27H29N3O2/c31-26(29-23-16-8-3-9-17-23)25(24-18-10-11-19-28-24)30(20-21-12-4-1-5-13-21)27(32)22-14-6-2-7-15-22/h1,3-5,8-13,16-19,22,25H,2,6-7,14-15,20H2,(H,29,31). The number of hydrogen-bond donors (Lipinski definition) is 1. The molecule has 1 heterocycles. The fraction of sp³-hybridized carbons (Fsp3) is 0.296. The molecule has 2 aromatic carbocycles. The van der Waals surface area contributed by atoms with Crippen molar-refractivity contribution in [2.24, 2.45) is 5.92 Å². The summed E-state index contributed by atoms with van der Waals surface area (Å²) in [5.41, 5.74) is 2.26. The highest BCUT2D eigenvalue weighted by Gasteiger charge is 2.36. The number of benzene rings is 2. The van der Waals surface area contributed by atoms with Gasteiger partial charge in [0.1, 0.15) is 0 Å². The van der Waals surface area contributed by atoms with Crippen molar-refractivity contribution in [3.8, 4) is 0 Å². The van der Waals surface area contributed by atoms with Gasteiger partial charge in [0.05, 0.1) is 5.69 Å². The van der Waals surface area contributed by atoms with Crippen LogP contribution in [0.5, 0.6) is 0 Å². The van der Waals surface area contributed by atoms with Crippen molar-refractivity contribution in [2.75, 3.05) is 5.32 Å². The number of pyridine rings is 1. The van der Waals surface area contributed by atoms with Crippen LogP contribution in [-0.4, -0.2) is 21.7 Å². The summed E-state index contributed by atoms with van der Waals surface area (Å²) in [6, 6.07) is 23.9. The predicted molar refractivity (Wildman–Crippen MR) is 126 cm³/mol. The summed E-state index contributed by atoms with van der Waals surface area (Å²) in [5, 5.41) is 2.99. The Kier molecular flexibility index (Phi) is 7.28. The van der Waals surface area contributed by atoms with E-state index in [0.29, 0.717) is 17.9 Å². The molecule has 5 nitrogen and oxygen atoms in total. The first-order valence-electron chi connectivity index (χ1n) is 11.3. The van der Waals surface area contributed by atoms with E-state index >= 15 is 0 Å². The normalized spacial score (nSPS) is 15.0. The molecule has 1 N–H and O–H groups in total. The molecule has 3 aromatic rings. The number of rotatable bonds is 7. The Morgan fingerprint density at radius 3 is 2.19 bits per heavy atom. The lowest BCUT2D eigenvalue weighted by atomic mass is 9.87. The van der Waals surface area contributed by atoms with Gasteiger partial charge in [-0.2, -0.15) is 0 Å². The van der Waals surface area contributed by atoms with Crippen molar-refractivity contribution in [3.05, 3.63) is 96.3 Å². The molecule has 0 aliphatic heterocycles. The van der Waals surface area contributed by atoms with E-state index in [9.17, 15) is 9.59 Å². The Morgan fingerprint density at radius 2 is 1.53 bits per heavy atom. The van der Waals surface area contributed by atoms with Gasteiger partial charge in [-0.15, -0.1) is 0 Å². The molecule has 0 saturated heterocycles. The van der Waals surface area contributed by atoms with Gasteiger partial charge in [0, 0.05) is 24.3 Å². The van der Waals surface area contributed by atoms with Crippen molar-refractivity contribution >= 4 is 17.5 Å². The number of amides is 2. The molecule has 1 fully saturated rings. The van der Waals surface area contributed by atoms with E-state index in [-0.39, 0.29) is 17.7 Å². The number of aromatic nitrogens is 1. The van der Waals surface area contributed by atoms with Gasteiger partial charge in [-0.25, -0.2) is 0 Å². The smallest absolute Gasteiger partial charge is 0.253 e. The van der Waals surface area contributed by atoms with Crippen molar-refractivity contribution in [3.63, 3.8) is 0 Å². The maximum absolute atomic E-state index is 13.8. The number of hydrogen-bond acceptors (Lipinski definition) is 3. The third kappa shape index (κ3) is 5.41. The Bertz CT molecular complexity index is 1000. The van der Waals surface area contributed by atoms with Crippen LogP contribution in [0.25, 0.3) is 0 Å². The molecular formula is C27H29N3O2. The molecule has 0 spiro atoms. The number of carbonyl (C=O) groups is 2. The number of para-hydroxylation sites is 1. The van der Waals surface area contributed by atoms with Crippen LogP contribution in [0.3, 0.4) is 0 Å². The molecule has 1 aliphatic carbocycles. The Balaban J connectivity index is 1.70. The summed E-state index contributed by atoms with van der Waals surface area (Å²) in [6.45, 7) is 0.361. The quantitative estimate of drug-likeness (QED) is 0.551. The van der Waals surface area contributed by atoms with Gasteiger partial charge < -0.3 is 10.2 Å². The number of nitrogens with zero attached hydrogens (tertiary/aromatic N) is 2. The fourth-order valence-corrected chi connectivity index (χ4v) is 4.37. The van der Waals surface area contributed by atoms with E-state index in [1.807, 2.05) is 78.9 Å². The largest absolute Gasteiger partial charge is 0.324 e. The highest BCUT2D eigenvalue weighted by molar-refractivity contribution is 5.97. The molecule has 0 bridgehead atoms. The van der Waals surface area contributed by atoms with Crippen LogP contribution >= 0.6 is 0 Å². The third-order valence-electron chi connectivity index (χ3n) is 6.00. The van der Waals surface area contributed by atoms with Crippen LogP contribution in [0, 0.1) is 5.92 Å². The second-order valence-corrected chi connectivity index (χ2v) is 8.30. The van der Waals surface area contributed by atoms with Crippen LogP contribution in [0.2, 0.25) is 0 Å². The minimum Gasteiger partial charge on any atom is -0.324 e. The topological polar surface area (TPSA) is 62.3 Å². The molecule has 1 aromatic heterocycles. The van der Waals surface area contributed by atoms with E-state index in [0.717, 1.165) is 31.2 Å². The SMILES string of the molecule is O=C(Nc1ccccc1)C(c1ccccn1)N(Cc1ccccc1)C(=O)C1CCCCC1. The molecule has 164 valence electrons. The lowest BCUT2D eigenvalue weighted by Gasteiger charge is -2.34. The van der Waals surface area contributed by atoms with Crippen LogP contribution in [0.1, 0.15) is 49.4 Å². The fourth-order valence-electron chi connectivity index (χ4n) is 4.37. The molecule has 5 heteroatoms.